The van der Waals surface area contributed by atoms with Crippen LogP contribution in [-0.2, 0) is 4.79 Å². The number of aliphatic hydroxyl groups is 1. The second kappa shape index (κ2) is 8.38. The van der Waals surface area contributed by atoms with Crippen LogP contribution < -0.4 is 0 Å². The van der Waals surface area contributed by atoms with Crippen LogP contribution >= 0.6 is 0 Å². The average molecular weight is 459 g/mol. The molecule has 0 heterocycles. The Labute approximate surface area is 202 Å². The number of aliphatic carboxylic acids is 1. The third-order valence-corrected chi connectivity index (χ3v) is 12.3. The molecule has 5 rings (SSSR count). The van der Waals surface area contributed by atoms with Crippen LogP contribution in [0.3, 0.4) is 0 Å². The zero-order valence-electron chi connectivity index (χ0n) is 22.4. The second-order valence-electron chi connectivity index (χ2n) is 13.2. The van der Waals surface area contributed by atoms with Gasteiger partial charge in [0.15, 0.2) is 0 Å². The van der Waals surface area contributed by atoms with Gasteiger partial charge in [0.05, 0.1) is 11.5 Å². The Kier molecular flexibility index (Phi) is 6.42. The predicted octanol–water partition coefficient (Wildman–Crippen LogP) is 7.48. The normalized spacial score (nSPS) is 53.2. The first-order valence-corrected chi connectivity index (χ1v) is 14.1. The SMILES string of the molecule is CC.CC1CCC2(C(=O)O)CCC3(C)C(=CCC4C5(C)CCC(O)C(C)C5CCC43C)C2C1. The van der Waals surface area contributed by atoms with Crippen LogP contribution in [0.25, 0.3) is 0 Å². The van der Waals surface area contributed by atoms with E-state index in [9.17, 15) is 15.0 Å². The van der Waals surface area contributed by atoms with Crippen molar-refractivity contribution in [2.75, 3.05) is 0 Å². The number of carboxylic acid groups (broad SMARTS) is 1. The van der Waals surface area contributed by atoms with Crippen LogP contribution in [-0.4, -0.2) is 22.3 Å². The van der Waals surface area contributed by atoms with Crippen LogP contribution in [0.15, 0.2) is 11.6 Å². The van der Waals surface area contributed by atoms with Gasteiger partial charge in [0.2, 0.25) is 0 Å². The van der Waals surface area contributed by atoms with E-state index in [1.807, 2.05) is 13.8 Å². The zero-order valence-corrected chi connectivity index (χ0v) is 22.4. The summed E-state index contributed by atoms with van der Waals surface area (Å²) in [6.45, 7) is 16.2. The van der Waals surface area contributed by atoms with Crippen molar-refractivity contribution in [2.45, 2.75) is 119 Å². The summed E-state index contributed by atoms with van der Waals surface area (Å²) in [6, 6.07) is 0. The Morgan fingerprint density at radius 1 is 0.970 bits per heavy atom. The second-order valence-corrected chi connectivity index (χ2v) is 13.2. The maximum atomic E-state index is 12.6. The lowest BCUT2D eigenvalue weighted by Gasteiger charge is -2.69. The summed E-state index contributed by atoms with van der Waals surface area (Å²) in [7, 11) is 0. The topological polar surface area (TPSA) is 57.5 Å². The van der Waals surface area contributed by atoms with Crippen molar-refractivity contribution in [3.05, 3.63) is 11.6 Å². The third-order valence-electron chi connectivity index (χ3n) is 12.3. The van der Waals surface area contributed by atoms with Gasteiger partial charge in [-0.05, 0) is 110 Å². The van der Waals surface area contributed by atoms with E-state index >= 15 is 0 Å². The van der Waals surface area contributed by atoms with Gasteiger partial charge in [-0.1, -0.05) is 60.1 Å². The highest BCUT2D eigenvalue weighted by atomic mass is 16.4. The standard InChI is InChI=1S/C28H44O3.C2H6/c1-17-8-13-28(24(30)31)15-14-26(4)20(21(28)16-17)6-7-23-25(3)11-10-22(29)18(2)19(25)9-12-27(23,26)5;1-2/h6,17-19,21-23,29H,7-16H2,1-5H3,(H,30,31);1-2H3. The molecular formula is C30H50O3. The first kappa shape index (κ1) is 25.3. The van der Waals surface area contributed by atoms with Crippen molar-refractivity contribution in [2.24, 2.45) is 51.2 Å². The van der Waals surface area contributed by atoms with Gasteiger partial charge in [0, 0.05) is 0 Å². The van der Waals surface area contributed by atoms with E-state index in [-0.39, 0.29) is 28.3 Å². The first-order valence-electron chi connectivity index (χ1n) is 14.1. The Hall–Kier alpha value is -0.830. The van der Waals surface area contributed by atoms with Crippen molar-refractivity contribution in [1.29, 1.82) is 0 Å². The molecule has 5 aliphatic carbocycles. The van der Waals surface area contributed by atoms with Gasteiger partial charge >= 0.3 is 5.97 Å². The van der Waals surface area contributed by atoms with Gasteiger partial charge in [-0.2, -0.15) is 0 Å². The largest absolute Gasteiger partial charge is 0.481 e. The number of allylic oxidation sites excluding steroid dienone is 2. The lowest BCUT2D eigenvalue weighted by molar-refractivity contribution is -0.185. The summed E-state index contributed by atoms with van der Waals surface area (Å²) in [5.74, 6) is 1.96. The molecule has 0 aromatic heterocycles. The molecule has 10 atom stereocenters. The highest BCUT2D eigenvalue weighted by Gasteiger charge is 2.67. The average Bonchev–Trinajstić information content (AvgIpc) is 2.78. The molecule has 0 spiro atoms. The smallest absolute Gasteiger partial charge is 0.310 e. The van der Waals surface area contributed by atoms with Gasteiger partial charge < -0.3 is 10.2 Å². The van der Waals surface area contributed by atoms with Crippen molar-refractivity contribution in [3.8, 4) is 0 Å². The van der Waals surface area contributed by atoms with E-state index in [1.54, 1.807) is 0 Å². The molecule has 5 aliphatic rings. The Bertz CT molecular complexity index is 802. The highest BCUT2D eigenvalue weighted by Crippen LogP contribution is 2.74. The Morgan fingerprint density at radius 3 is 2.33 bits per heavy atom. The summed E-state index contributed by atoms with van der Waals surface area (Å²) in [4.78, 5) is 12.6. The Balaban J connectivity index is 0.00000126. The molecule has 0 saturated heterocycles. The first-order chi connectivity index (χ1) is 15.5. The predicted molar refractivity (Wildman–Crippen MR) is 135 cm³/mol. The summed E-state index contributed by atoms with van der Waals surface area (Å²) in [5.41, 5.74) is 1.64. The monoisotopic (exact) mass is 458 g/mol. The van der Waals surface area contributed by atoms with Gasteiger partial charge in [0.1, 0.15) is 0 Å². The fourth-order valence-corrected chi connectivity index (χ4v) is 10.1. The quantitative estimate of drug-likeness (QED) is 0.400. The molecule has 3 nitrogen and oxygen atoms in total. The van der Waals surface area contributed by atoms with E-state index < -0.39 is 11.4 Å². The lowest BCUT2D eigenvalue weighted by atomic mass is 9.35. The summed E-state index contributed by atoms with van der Waals surface area (Å²) < 4.78 is 0. The molecule has 0 amide bonds. The van der Waals surface area contributed by atoms with Gasteiger partial charge in [-0.15, -0.1) is 0 Å². The number of hydrogen-bond donors (Lipinski definition) is 2. The van der Waals surface area contributed by atoms with Crippen molar-refractivity contribution >= 4 is 5.97 Å². The zero-order chi connectivity index (χ0) is 24.4. The number of rotatable bonds is 1. The number of aliphatic hydroxyl groups excluding tert-OH is 1. The minimum Gasteiger partial charge on any atom is -0.481 e. The molecule has 4 saturated carbocycles. The van der Waals surface area contributed by atoms with Gasteiger partial charge in [-0.3, -0.25) is 4.79 Å². The molecule has 0 radical (unpaired) electrons. The van der Waals surface area contributed by atoms with Crippen LogP contribution in [0.2, 0.25) is 0 Å². The van der Waals surface area contributed by atoms with Crippen LogP contribution in [0, 0.1) is 51.2 Å². The van der Waals surface area contributed by atoms with Crippen molar-refractivity contribution in [1.82, 2.24) is 0 Å². The third kappa shape index (κ3) is 3.26. The molecule has 3 heteroatoms. The maximum Gasteiger partial charge on any atom is 0.310 e. The van der Waals surface area contributed by atoms with Crippen LogP contribution in [0.1, 0.15) is 113 Å². The lowest BCUT2D eigenvalue weighted by Crippen LogP contribution is -2.63. The fourth-order valence-electron chi connectivity index (χ4n) is 10.1. The van der Waals surface area contributed by atoms with E-state index in [0.29, 0.717) is 23.7 Å². The molecule has 0 aromatic carbocycles. The summed E-state index contributed by atoms with van der Waals surface area (Å²) in [5, 5.41) is 21.0. The molecule has 10 unspecified atom stereocenters. The van der Waals surface area contributed by atoms with Crippen molar-refractivity contribution < 1.29 is 15.0 Å². The number of fused-ring (bicyclic) bond motifs is 7. The summed E-state index contributed by atoms with van der Waals surface area (Å²) in [6.07, 6.45) is 12.9. The highest BCUT2D eigenvalue weighted by molar-refractivity contribution is 5.76. The fraction of sp³-hybridized carbons (Fsp3) is 0.900. The van der Waals surface area contributed by atoms with Crippen molar-refractivity contribution in [3.63, 3.8) is 0 Å². The number of hydrogen-bond acceptors (Lipinski definition) is 2. The van der Waals surface area contributed by atoms with Gasteiger partial charge in [-0.25, -0.2) is 0 Å². The number of carbonyl (C=O) groups is 1. The minimum atomic E-state index is -0.537. The Morgan fingerprint density at radius 2 is 1.67 bits per heavy atom. The number of carboxylic acids is 1. The van der Waals surface area contributed by atoms with Crippen LogP contribution in [0.4, 0.5) is 0 Å². The van der Waals surface area contributed by atoms with Gasteiger partial charge in [0.25, 0.3) is 0 Å². The molecule has 0 aliphatic heterocycles. The molecule has 2 N–H and O–H groups in total. The molecule has 33 heavy (non-hydrogen) atoms. The van der Waals surface area contributed by atoms with E-state index in [4.69, 9.17) is 0 Å². The van der Waals surface area contributed by atoms with E-state index in [2.05, 4.69) is 40.7 Å². The van der Waals surface area contributed by atoms with E-state index in [0.717, 1.165) is 51.4 Å². The van der Waals surface area contributed by atoms with Crippen LogP contribution in [0.5, 0.6) is 0 Å². The molecule has 0 aromatic rings. The summed E-state index contributed by atoms with van der Waals surface area (Å²) >= 11 is 0. The molecular weight excluding hydrogens is 408 g/mol. The molecule has 4 fully saturated rings. The maximum absolute atomic E-state index is 12.6. The molecule has 0 bridgehead atoms. The molecule has 188 valence electrons. The minimum absolute atomic E-state index is 0.115. The van der Waals surface area contributed by atoms with E-state index in [1.165, 1.54) is 18.4 Å².